The van der Waals surface area contributed by atoms with Crippen LogP contribution in [0.2, 0.25) is 0 Å². The van der Waals surface area contributed by atoms with Gasteiger partial charge in [-0.05, 0) is 98.5 Å². The van der Waals surface area contributed by atoms with Gasteiger partial charge < -0.3 is 28.5 Å². The van der Waals surface area contributed by atoms with E-state index in [2.05, 4.69) is 250 Å². The van der Waals surface area contributed by atoms with Crippen molar-refractivity contribution >= 4 is 50.1 Å². The van der Waals surface area contributed by atoms with Gasteiger partial charge in [0.05, 0.1) is 76.4 Å². The fraction of sp³-hybridized carbons (Fsp3) is 0.243. The molecule has 0 aliphatic heterocycles. The molecule has 13 nitrogen and oxygen atoms in total. The molecule has 0 unspecified atom stereocenters. The number of aromatic nitrogens is 8. The summed E-state index contributed by atoms with van der Waals surface area (Å²) in [5, 5.41) is 20.4. The van der Waals surface area contributed by atoms with Gasteiger partial charge in [-0.2, -0.15) is 0 Å². The van der Waals surface area contributed by atoms with Gasteiger partial charge in [-0.1, -0.05) is 175 Å². The van der Waals surface area contributed by atoms with Crippen molar-refractivity contribution in [2.75, 3.05) is 13.1 Å². The Morgan fingerprint density at radius 3 is 0.800 bits per heavy atom. The van der Waals surface area contributed by atoms with Crippen molar-refractivity contribution in [3.05, 3.63) is 262 Å². The van der Waals surface area contributed by atoms with Gasteiger partial charge in [-0.15, -0.1) is 0 Å². The molecule has 0 radical (unpaired) electrons. The Labute approximate surface area is 519 Å². The van der Waals surface area contributed by atoms with Gasteiger partial charge >= 0.3 is 34.1 Å². The number of aliphatic hydroxyl groups excluding tert-OH is 1. The third-order valence-corrected chi connectivity index (χ3v) is 15.2. The minimum Gasteiger partial charge on any atom is -0.481 e. The minimum absolute atomic E-state index is 0. The number of imidazole rings is 4. The molecule has 0 aliphatic carbocycles. The molecule has 0 aliphatic rings. The Balaban J connectivity index is 0.00000130. The van der Waals surface area contributed by atoms with Gasteiger partial charge in [0, 0.05) is 46.2 Å². The Bertz CT molecular complexity index is 3610. The van der Waals surface area contributed by atoms with Gasteiger partial charge in [0.2, 0.25) is 0 Å². The van der Waals surface area contributed by atoms with Crippen molar-refractivity contribution in [1.29, 1.82) is 0 Å². The first kappa shape index (κ1) is 63.1. The summed E-state index contributed by atoms with van der Waals surface area (Å²) in [5.74, 6) is 2.88. The molecule has 0 atom stereocenters. The van der Waals surface area contributed by atoms with Crippen LogP contribution in [0.25, 0.3) is 44.1 Å². The van der Waals surface area contributed by atoms with Crippen LogP contribution in [-0.2, 0) is 91.3 Å². The molecule has 12 aromatic rings. The summed E-state index contributed by atoms with van der Waals surface area (Å²) in [6.45, 7) is 14.8. The van der Waals surface area contributed by atoms with Crippen molar-refractivity contribution in [3.63, 3.8) is 0 Å². The number of rotatable bonds is 20. The number of aliphatic carboxylic acids is 1. The number of benzene rings is 8. The topological polar surface area (TPSA) is 135 Å². The van der Waals surface area contributed by atoms with Gasteiger partial charge in [-0.3, -0.25) is 14.6 Å². The van der Waals surface area contributed by atoms with Gasteiger partial charge in [0.15, 0.2) is 0 Å². The molecule has 0 amide bonds. The second-order valence-electron chi connectivity index (χ2n) is 21.9. The second-order valence-corrected chi connectivity index (χ2v) is 21.9. The Morgan fingerprint density at radius 1 is 0.388 bits per heavy atom. The number of hydrogen-bond donors (Lipinski definition) is 2. The van der Waals surface area contributed by atoms with Crippen molar-refractivity contribution in [2.45, 2.75) is 101 Å². The zero-order chi connectivity index (χ0) is 56.7. The van der Waals surface area contributed by atoms with E-state index >= 15 is 0 Å². The van der Waals surface area contributed by atoms with Crippen molar-refractivity contribution in [2.24, 2.45) is 0 Å². The first-order valence-corrected chi connectivity index (χ1v) is 28.2. The number of carboxylic acid groups (broad SMARTS) is 1. The predicted octanol–water partition coefficient (Wildman–Crippen LogP) is 13.3. The van der Waals surface area contributed by atoms with Crippen molar-refractivity contribution < 1.29 is 49.1 Å². The van der Waals surface area contributed by atoms with E-state index in [-0.39, 0.29) is 41.6 Å². The molecule has 4 heterocycles. The normalized spacial score (nSPS) is 11.3. The van der Waals surface area contributed by atoms with E-state index in [1.165, 1.54) is 44.5 Å². The summed E-state index contributed by atoms with van der Waals surface area (Å²) < 4.78 is 9.38. The molecule has 0 saturated carbocycles. The molecular formula is C70H74Cu2N10O3+2. The van der Waals surface area contributed by atoms with Crippen molar-refractivity contribution in [1.82, 2.24) is 48.0 Å². The fourth-order valence-corrected chi connectivity index (χ4v) is 11.0. The summed E-state index contributed by atoms with van der Waals surface area (Å²) in [7, 11) is 0. The Hall–Kier alpha value is -7.97. The van der Waals surface area contributed by atoms with Crippen LogP contribution in [0.3, 0.4) is 0 Å². The molecular weight excluding hydrogens is 1160 g/mol. The maximum absolute atomic E-state index is 13.0. The third kappa shape index (κ3) is 15.5. The van der Waals surface area contributed by atoms with E-state index in [9.17, 15) is 5.11 Å². The first-order valence-electron chi connectivity index (χ1n) is 28.2. The molecule has 2 N–H and O–H groups in total. The maximum atomic E-state index is 13.0. The van der Waals surface area contributed by atoms with Crippen LogP contribution in [0.1, 0.15) is 82.2 Å². The number of aliphatic hydroxyl groups is 1. The second kappa shape index (κ2) is 28.7. The summed E-state index contributed by atoms with van der Waals surface area (Å²) in [5.41, 5.74) is 17.8. The van der Waals surface area contributed by atoms with Crippen LogP contribution in [0.5, 0.6) is 0 Å². The summed E-state index contributed by atoms with van der Waals surface area (Å²) >= 11 is 0. The van der Waals surface area contributed by atoms with Crippen LogP contribution in [0, 0.1) is 27.7 Å². The number of aryl methyl sites for hydroxylation is 4. The summed E-state index contributed by atoms with van der Waals surface area (Å²) in [4.78, 5) is 35.1. The third-order valence-electron chi connectivity index (χ3n) is 15.2. The van der Waals surface area contributed by atoms with E-state index in [0.29, 0.717) is 65.4 Å². The van der Waals surface area contributed by atoms with Crippen molar-refractivity contribution in [3.8, 4) is 0 Å². The molecule has 4 aromatic heterocycles. The van der Waals surface area contributed by atoms with Crippen LogP contribution in [0.4, 0.5) is 0 Å². The van der Waals surface area contributed by atoms with Gasteiger partial charge in [0.25, 0.3) is 5.97 Å². The molecule has 0 saturated heterocycles. The minimum atomic E-state index is -0.833. The van der Waals surface area contributed by atoms with Crippen LogP contribution in [-0.4, -0.2) is 83.4 Å². The molecule has 442 valence electrons. The van der Waals surface area contributed by atoms with E-state index in [4.69, 9.17) is 29.8 Å². The number of hydrogen-bond acceptors (Lipinski definition) is 8. The SMILES string of the molecule is C.CC(=O)O.Cc1ccc(Cn2c(CN(Cc3nc4ccccc4n3Cc3ccc(C)cc3)CC(O)CN(Cc3nc4ccccc4n3Cc3ccc(C)cc3)Cc3nc4ccccc4n3Cc3ccc(C)cc3)nc3ccccc32)cc1.[Cu+].[Cu+]. The number of fused-ring (bicyclic) bond motifs is 4. The molecule has 12 rings (SSSR count). The van der Waals surface area contributed by atoms with E-state index < -0.39 is 12.1 Å². The number of nitrogens with zero attached hydrogens (tertiary/aromatic N) is 10. The molecule has 0 fully saturated rings. The molecule has 8 aromatic carbocycles. The summed E-state index contributed by atoms with van der Waals surface area (Å²) in [6.07, 6.45) is -0.806. The van der Waals surface area contributed by atoms with E-state index in [1.807, 2.05) is 0 Å². The zero-order valence-corrected chi connectivity index (χ0v) is 49.9. The predicted molar refractivity (Wildman–Crippen MR) is 334 cm³/mol. The average Bonchev–Trinajstić information content (AvgIpc) is 2.89. The first-order chi connectivity index (χ1) is 39.8. The molecule has 85 heavy (non-hydrogen) atoms. The van der Waals surface area contributed by atoms with Gasteiger partial charge in [0.1, 0.15) is 23.3 Å². The quantitative estimate of drug-likeness (QED) is 0.0715. The monoisotopic (exact) mass is 1230 g/mol. The molecule has 0 spiro atoms. The van der Waals surface area contributed by atoms with Crippen LogP contribution >= 0.6 is 0 Å². The summed E-state index contributed by atoms with van der Waals surface area (Å²) in [6, 6.07) is 68.7. The Kier molecular flexibility index (Phi) is 21.3. The zero-order valence-electron chi connectivity index (χ0n) is 48.0. The molecule has 0 bridgehead atoms. The molecule has 15 heteroatoms. The number of para-hydroxylation sites is 8. The maximum Gasteiger partial charge on any atom is 1.00 e. The van der Waals surface area contributed by atoms with E-state index in [1.54, 1.807) is 0 Å². The number of carbonyl (C=O) groups is 1. The number of carboxylic acids is 1. The van der Waals surface area contributed by atoms with Gasteiger partial charge in [-0.25, -0.2) is 19.9 Å². The van der Waals surface area contributed by atoms with E-state index in [0.717, 1.165) is 74.4 Å². The average molecular weight is 1230 g/mol. The standard InChI is InChI=1S/C67H66N10O.C2H4O2.CH4.2Cu/c1-47-21-29-51(30-22-47)37-74-60-17-9-5-13-56(60)68-64(74)43-72(44-65-69-57-14-6-10-18-61(57)75(65)38-52-31-23-48(2)24-32-52)41-55(78)42-73(45-66-70-58-15-7-11-19-62(58)76(66)39-53-33-25-49(3)26-34-53)46-67-71-59-16-8-12-20-63(59)77(67)40-54-35-27-50(4)28-36-54;1-2(3)4;;;/h5-36,55,78H,37-46H2,1-4H3;1H3,(H,3,4);1H4;;/q;;;2*+1. The fourth-order valence-electron chi connectivity index (χ4n) is 11.0. The van der Waals surface area contributed by atoms with Crippen LogP contribution in [0.15, 0.2) is 194 Å². The Morgan fingerprint density at radius 2 is 0.588 bits per heavy atom. The largest absolute Gasteiger partial charge is 1.00 e. The smallest absolute Gasteiger partial charge is 0.481 e. The van der Waals surface area contributed by atoms with Crippen LogP contribution < -0.4 is 0 Å².